The number of alkyl halides is 3. The van der Waals surface area contributed by atoms with Crippen molar-refractivity contribution < 1.29 is 22.6 Å². The Morgan fingerprint density at radius 2 is 1.83 bits per heavy atom. The number of ether oxygens (including phenoxy) is 2. The smallest absolute Gasteiger partial charge is 0.416 e. The van der Waals surface area contributed by atoms with E-state index in [1.165, 1.54) is 27.9 Å². The molecule has 4 aromatic rings. The van der Waals surface area contributed by atoms with Crippen molar-refractivity contribution in [2.45, 2.75) is 26.4 Å². The third-order valence-corrected chi connectivity index (χ3v) is 6.33. The number of halogens is 3. The molecule has 188 valence electrons. The van der Waals surface area contributed by atoms with E-state index in [-0.39, 0.29) is 11.1 Å². The number of hydrogen-bond acceptors (Lipinski definition) is 5. The fourth-order valence-electron chi connectivity index (χ4n) is 3.60. The first kappa shape index (κ1) is 25.5. The Labute approximate surface area is 210 Å². The number of nitrogens with zero attached hydrogens (tertiary/aromatic N) is 2. The van der Waals surface area contributed by atoms with Crippen molar-refractivity contribution in [2.75, 3.05) is 13.7 Å². The van der Waals surface area contributed by atoms with Gasteiger partial charge in [-0.15, -0.1) is 11.3 Å². The van der Waals surface area contributed by atoms with Gasteiger partial charge in [-0.05, 0) is 53.8 Å². The summed E-state index contributed by atoms with van der Waals surface area (Å²) < 4.78 is 51.8. The molecule has 5 nitrogen and oxygen atoms in total. The van der Waals surface area contributed by atoms with Crippen LogP contribution in [0.15, 0.2) is 58.8 Å². The van der Waals surface area contributed by atoms with Gasteiger partial charge in [0.25, 0.3) is 5.56 Å². The average molecular weight is 515 g/mol. The molecule has 0 aliphatic carbocycles. The summed E-state index contributed by atoms with van der Waals surface area (Å²) in [5, 5.41) is 1.73. The number of benzene rings is 2. The highest BCUT2D eigenvalue weighted by Crippen LogP contribution is 2.32. The van der Waals surface area contributed by atoms with Crippen molar-refractivity contribution in [3.8, 4) is 22.6 Å². The molecular formula is C27H25F3N2O3S. The lowest BCUT2D eigenvalue weighted by atomic mass is 10.0. The average Bonchev–Trinajstić information content (AvgIpc) is 3.32. The Morgan fingerprint density at radius 3 is 2.50 bits per heavy atom. The van der Waals surface area contributed by atoms with Crippen LogP contribution in [0.4, 0.5) is 13.2 Å². The summed E-state index contributed by atoms with van der Waals surface area (Å²) in [5.74, 6) is 1.73. The van der Waals surface area contributed by atoms with Gasteiger partial charge in [-0.25, -0.2) is 4.98 Å². The quantitative estimate of drug-likeness (QED) is 0.253. The number of fused-ring (bicyclic) bond motifs is 1. The Hall–Kier alpha value is -3.59. The summed E-state index contributed by atoms with van der Waals surface area (Å²) >= 11 is 1.30. The summed E-state index contributed by atoms with van der Waals surface area (Å²) in [6.45, 7) is 4.83. The lowest BCUT2D eigenvalue weighted by Gasteiger charge is -2.12. The summed E-state index contributed by atoms with van der Waals surface area (Å²) in [4.78, 5) is 18.3. The molecule has 0 amide bonds. The molecule has 36 heavy (non-hydrogen) atoms. The standard InChI is InChI=1S/C27H25F3N2O3S/c1-17(2)12-14-35-22-11-5-18(16-23(22)34-3)4-10-21-24(25(33)32-13-15-36-26(32)31-21)19-6-8-20(9-7-19)27(28,29)30/h4-11,13,15-17H,12,14H2,1-3H3/b10-4+. The molecule has 4 rings (SSSR count). The molecule has 2 aromatic carbocycles. The zero-order valence-electron chi connectivity index (χ0n) is 20.0. The molecule has 0 saturated carbocycles. The van der Waals surface area contributed by atoms with E-state index in [1.807, 2.05) is 18.2 Å². The summed E-state index contributed by atoms with van der Waals surface area (Å²) in [6.07, 6.45) is 1.51. The van der Waals surface area contributed by atoms with Crippen molar-refractivity contribution in [1.29, 1.82) is 0 Å². The number of rotatable bonds is 8. The van der Waals surface area contributed by atoms with Gasteiger partial charge in [-0.3, -0.25) is 9.20 Å². The monoisotopic (exact) mass is 514 g/mol. The van der Waals surface area contributed by atoms with Crippen molar-refractivity contribution in [1.82, 2.24) is 9.38 Å². The third-order valence-electron chi connectivity index (χ3n) is 5.57. The largest absolute Gasteiger partial charge is 0.493 e. The Balaban J connectivity index is 1.71. The zero-order valence-corrected chi connectivity index (χ0v) is 20.8. The molecule has 0 unspecified atom stereocenters. The van der Waals surface area contributed by atoms with Gasteiger partial charge in [0.15, 0.2) is 16.5 Å². The highest BCUT2D eigenvalue weighted by molar-refractivity contribution is 7.15. The van der Waals surface area contributed by atoms with Crippen LogP contribution < -0.4 is 15.0 Å². The van der Waals surface area contributed by atoms with E-state index in [0.29, 0.717) is 40.2 Å². The fourth-order valence-corrected chi connectivity index (χ4v) is 4.31. The summed E-state index contributed by atoms with van der Waals surface area (Å²) in [5.41, 5.74) is 0.583. The van der Waals surface area contributed by atoms with Gasteiger partial charge in [0.05, 0.1) is 30.5 Å². The Morgan fingerprint density at radius 1 is 1.08 bits per heavy atom. The number of methoxy groups -OCH3 is 1. The maximum absolute atomic E-state index is 13.2. The molecule has 2 aromatic heterocycles. The van der Waals surface area contributed by atoms with E-state index in [2.05, 4.69) is 18.8 Å². The first-order valence-corrected chi connectivity index (χ1v) is 12.2. The first-order chi connectivity index (χ1) is 17.2. The molecule has 0 spiro atoms. The Bertz CT molecular complexity index is 1440. The van der Waals surface area contributed by atoms with Crippen LogP contribution in [0, 0.1) is 5.92 Å². The number of hydrogen-bond donors (Lipinski definition) is 0. The molecular weight excluding hydrogens is 489 g/mol. The van der Waals surface area contributed by atoms with Crippen LogP contribution in [0.1, 0.15) is 37.1 Å². The maximum atomic E-state index is 13.2. The molecule has 0 N–H and O–H groups in total. The van der Waals surface area contributed by atoms with E-state index in [1.54, 1.807) is 30.8 Å². The van der Waals surface area contributed by atoms with Crippen LogP contribution in [0.2, 0.25) is 0 Å². The second-order valence-corrected chi connectivity index (χ2v) is 9.46. The zero-order chi connectivity index (χ0) is 25.9. The first-order valence-electron chi connectivity index (χ1n) is 11.3. The maximum Gasteiger partial charge on any atom is 0.416 e. The molecule has 0 aliphatic heterocycles. The summed E-state index contributed by atoms with van der Waals surface area (Å²) in [6, 6.07) is 10.0. The van der Waals surface area contributed by atoms with Crippen molar-refractivity contribution >= 4 is 28.4 Å². The van der Waals surface area contributed by atoms with E-state index in [4.69, 9.17) is 9.47 Å². The van der Waals surface area contributed by atoms with Crippen LogP contribution in [0.25, 0.3) is 28.2 Å². The van der Waals surface area contributed by atoms with Crippen molar-refractivity contribution in [2.24, 2.45) is 5.92 Å². The van der Waals surface area contributed by atoms with Crippen LogP contribution in [-0.2, 0) is 6.18 Å². The molecule has 0 fully saturated rings. The van der Waals surface area contributed by atoms with Crippen LogP contribution in [-0.4, -0.2) is 23.1 Å². The lowest BCUT2D eigenvalue weighted by Crippen LogP contribution is -2.17. The van der Waals surface area contributed by atoms with Gasteiger partial charge in [-0.2, -0.15) is 13.2 Å². The minimum Gasteiger partial charge on any atom is -0.493 e. The van der Waals surface area contributed by atoms with Crippen LogP contribution >= 0.6 is 11.3 Å². The Kier molecular flexibility index (Phi) is 7.49. The van der Waals surface area contributed by atoms with E-state index < -0.39 is 11.7 Å². The molecule has 0 aliphatic rings. The number of aromatic nitrogens is 2. The van der Waals surface area contributed by atoms with Crippen LogP contribution in [0.3, 0.4) is 0 Å². The molecule has 0 bridgehead atoms. The topological polar surface area (TPSA) is 52.8 Å². The SMILES string of the molecule is COc1cc(/C=C/c2nc3sccn3c(=O)c2-c2ccc(C(F)(F)F)cc2)ccc1OCCC(C)C. The highest BCUT2D eigenvalue weighted by Gasteiger charge is 2.30. The minimum atomic E-state index is -4.46. The van der Waals surface area contributed by atoms with Crippen molar-refractivity contribution in [3.63, 3.8) is 0 Å². The van der Waals surface area contributed by atoms with E-state index in [9.17, 15) is 18.0 Å². The lowest BCUT2D eigenvalue weighted by molar-refractivity contribution is -0.137. The normalized spacial score (nSPS) is 12.1. The number of thiazole rings is 1. The second kappa shape index (κ2) is 10.6. The molecule has 2 heterocycles. The predicted octanol–water partition coefficient (Wildman–Crippen LogP) is 7.05. The van der Waals surface area contributed by atoms with E-state index >= 15 is 0 Å². The van der Waals surface area contributed by atoms with Gasteiger partial charge in [-0.1, -0.05) is 38.1 Å². The van der Waals surface area contributed by atoms with Crippen molar-refractivity contribution in [3.05, 3.63) is 81.2 Å². The van der Waals surface area contributed by atoms with Gasteiger partial charge in [0.1, 0.15) is 0 Å². The molecule has 0 atom stereocenters. The second-order valence-electron chi connectivity index (χ2n) is 8.58. The highest BCUT2D eigenvalue weighted by atomic mass is 32.1. The molecule has 9 heteroatoms. The molecule has 0 saturated heterocycles. The molecule has 0 radical (unpaired) electrons. The van der Waals surface area contributed by atoms with Gasteiger partial charge in [0, 0.05) is 11.6 Å². The van der Waals surface area contributed by atoms with Gasteiger partial charge >= 0.3 is 6.18 Å². The van der Waals surface area contributed by atoms with Gasteiger partial charge < -0.3 is 9.47 Å². The summed E-state index contributed by atoms with van der Waals surface area (Å²) in [7, 11) is 1.56. The third kappa shape index (κ3) is 5.62. The fraction of sp³-hybridized carbons (Fsp3) is 0.259. The minimum absolute atomic E-state index is 0.219. The predicted molar refractivity (Wildman–Crippen MR) is 137 cm³/mol. The van der Waals surface area contributed by atoms with E-state index in [0.717, 1.165) is 24.1 Å². The van der Waals surface area contributed by atoms with Crippen LogP contribution in [0.5, 0.6) is 11.5 Å². The van der Waals surface area contributed by atoms with Gasteiger partial charge in [0.2, 0.25) is 0 Å².